The van der Waals surface area contributed by atoms with Crippen molar-refractivity contribution >= 4 is 5.78 Å². The Kier molecular flexibility index (Phi) is 7.53. The molecular formula is C20H21IrNO2-. The number of aliphatic hydroxyl groups is 1. The molecule has 3 nitrogen and oxygen atoms in total. The second kappa shape index (κ2) is 8.91. The maximum atomic E-state index is 10.9. The van der Waals surface area contributed by atoms with E-state index >= 15 is 0 Å². The van der Waals surface area contributed by atoms with Crippen molar-refractivity contribution in [3.8, 4) is 0 Å². The summed E-state index contributed by atoms with van der Waals surface area (Å²) in [6.45, 7) is 5.63. The molecule has 0 aliphatic carbocycles. The molecule has 128 valence electrons. The first kappa shape index (κ1) is 20.3. The van der Waals surface area contributed by atoms with Crippen molar-refractivity contribution in [2.75, 3.05) is 0 Å². The van der Waals surface area contributed by atoms with Crippen molar-refractivity contribution in [2.24, 2.45) is 0 Å². The largest absolute Gasteiger partial charge is 0.512 e. The Morgan fingerprint density at radius 2 is 2.00 bits per heavy atom. The molecule has 0 bridgehead atoms. The third-order valence-corrected chi connectivity index (χ3v) is 3.68. The van der Waals surface area contributed by atoms with Crippen LogP contribution in [0.2, 0.25) is 0 Å². The minimum Gasteiger partial charge on any atom is -0.512 e. The molecule has 4 heteroatoms. The molecule has 1 aromatic carbocycles. The molecule has 1 N–H and O–H groups in total. The molecule has 0 aliphatic rings. The van der Waals surface area contributed by atoms with E-state index in [2.05, 4.69) is 24.9 Å². The Bertz CT molecular complexity index is 709. The van der Waals surface area contributed by atoms with Crippen LogP contribution >= 0.6 is 0 Å². The first-order chi connectivity index (χ1) is 10.9. The molecule has 0 atom stereocenters. The molecule has 2 aromatic rings. The Morgan fingerprint density at radius 3 is 2.62 bits per heavy atom. The summed E-state index contributed by atoms with van der Waals surface area (Å²) < 4.78 is 0. The van der Waals surface area contributed by atoms with E-state index in [0.717, 1.165) is 17.0 Å². The van der Waals surface area contributed by atoms with E-state index in [-0.39, 0.29) is 43.5 Å². The first-order valence-corrected chi connectivity index (χ1v) is 7.57. The molecule has 24 heavy (non-hydrogen) atoms. The van der Waals surface area contributed by atoms with Gasteiger partial charge in [-0.05, 0) is 19.1 Å². The number of hydrogen-bond acceptors (Lipinski definition) is 3. The number of rotatable bonds is 6. The molecule has 0 amide bonds. The number of benzene rings is 1. The summed E-state index contributed by atoms with van der Waals surface area (Å²) in [5, 5.41) is 9.66. The van der Waals surface area contributed by atoms with Crippen LogP contribution in [0, 0.1) is 12.5 Å². The van der Waals surface area contributed by atoms with Crippen molar-refractivity contribution in [1.82, 2.24) is 4.98 Å². The zero-order valence-corrected chi connectivity index (χ0v) is 16.4. The second-order valence-electron chi connectivity index (χ2n) is 6.00. The van der Waals surface area contributed by atoms with Gasteiger partial charge >= 0.3 is 0 Å². The fourth-order valence-electron chi connectivity index (χ4n) is 2.34. The van der Waals surface area contributed by atoms with E-state index in [1.807, 2.05) is 48.9 Å². The van der Waals surface area contributed by atoms with Crippen LogP contribution in [0.4, 0.5) is 0 Å². The zero-order chi connectivity index (χ0) is 16.9. The van der Waals surface area contributed by atoms with Crippen LogP contribution in [0.1, 0.15) is 44.1 Å². The van der Waals surface area contributed by atoms with Crippen LogP contribution in [0.5, 0.6) is 0 Å². The third-order valence-electron chi connectivity index (χ3n) is 3.68. The van der Waals surface area contributed by atoms with Crippen molar-refractivity contribution in [3.05, 3.63) is 83.7 Å². The zero-order valence-electron chi connectivity index (χ0n) is 14.0. The van der Waals surface area contributed by atoms with Crippen molar-refractivity contribution < 1.29 is 30.0 Å². The topological polar surface area (TPSA) is 50.2 Å². The molecule has 2 rings (SSSR count). The Morgan fingerprint density at radius 1 is 1.25 bits per heavy atom. The van der Waals surface area contributed by atoms with Gasteiger partial charge in [0.15, 0.2) is 5.78 Å². The summed E-state index contributed by atoms with van der Waals surface area (Å²) in [6, 6.07) is 17.0. The molecule has 0 fully saturated rings. The van der Waals surface area contributed by atoms with Gasteiger partial charge in [-0.25, -0.2) is 0 Å². The Balaban J connectivity index is 0.00000288. The fourth-order valence-corrected chi connectivity index (χ4v) is 2.34. The summed E-state index contributed by atoms with van der Waals surface area (Å²) in [4.78, 5) is 15.6. The van der Waals surface area contributed by atoms with E-state index in [0.29, 0.717) is 0 Å². The molecule has 0 unspecified atom stereocenters. The van der Waals surface area contributed by atoms with E-state index in [1.54, 1.807) is 0 Å². The summed E-state index contributed by atoms with van der Waals surface area (Å²) in [6.07, 6.45) is 3.32. The summed E-state index contributed by atoms with van der Waals surface area (Å²) >= 11 is 0. The average molecular weight is 500 g/mol. The standard InChI is InChI=1S/C20H21NO2.Ir/c1-15(22)14-18(23)13-12-17-10-7-11-19(21-17)20(2,3)16-8-5-4-6-9-16;/h4-8,10-12,14,23H,13H2,1-3H3;/q-1;/b18-14-;. The van der Waals surface area contributed by atoms with Gasteiger partial charge < -0.3 is 5.11 Å². The SMILES string of the molecule is CC(=O)/C=C(\O)C[CH]c1cccc(C(C)(C)c2[c-]cccc2)n1.[Ir]. The monoisotopic (exact) mass is 500 g/mol. The van der Waals surface area contributed by atoms with Gasteiger partial charge in [0.25, 0.3) is 0 Å². The van der Waals surface area contributed by atoms with Gasteiger partial charge in [-0.1, -0.05) is 19.9 Å². The van der Waals surface area contributed by atoms with Crippen LogP contribution in [0.25, 0.3) is 0 Å². The van der Waals surface area contributed by atoms with Crippen molar-refractivity contribution in [2.45, 2.75) is 32.6 Å². The Labute approximate surface area is 157 Å². The predicted molar refractivity (Wildman–Crippen MR) is 91.1 cm³/mol. The summed E-state index contributed by atoms with van der Waals surface area (Å²) in [5.74, 6) is -0.126. The van der Waals surface area contributed by atoms with Gasteiger partial charge in [0.05, 0.1) is 5.76 Å². The van der Waals surface area contributed by atoms with Gasteiger partial charge in [0.2, 0.25) is 0 Å². The van der Waals surface area contributed by atoms with Gasteiger partial charge in [0.1, 0.15) is 0 Å². The minimum atomic E-state index is -0.262. The number of carbonyl (C=O) groups excluding carboxylic acids is 1. The number of nitrogens with zero attached hydrogens (tertiary/aromatic N) is 1. The number of ketones is 1. The molecule has 0 saturated carbocycles. The van der Waals surface area contributed by atoms with Gasteiger partial charge in [-0.3, -0.25) is 9.78 Å². The van der Waals surface area contributed by atoms with Crippen LogP contribution < -0.4 is 0 Å². The molecule has 1 aromatic heterocycles. The number of carbonyl (C=O) groups is 1. The van der Waals surface area contributed by atoms with Gasteiger partial charge in [0, 0.05) is 55.8 Å². The van der Waals surface area contributed by atoms with Gasteiger partial charge in [-0.2, -0.15) is 35.9 Å². The van der Waals surface area contributed by atoms with Crippen molar-refractivity contribution in [1.29, 1.82) is 0 Å². The third kappa shape index (κ3) is 5.40. The average Bonchev–Trinajstić information content (AvgIpc) is 2.53. The van der Waals surface area contributed by atoms with Crippen LogP contribution in [0.3, 0.4) is 0 Å². The number of hydrogen-bond donors (Lipinski definition) is 1. The Hall–Kier alpha value is -1.77. The second-order valence-corrected chi connectivity index (χ2v) is 6.00. The van der Waals surface area contributed by atoms with Gasteiger partial charge in [-0.15, -0.1) is 0 Å². The molecule has 2 radical (unpaired) electrons. The number of allylic oxidation sites excluding steroid dienone is 2. The maximum Gasteiger partial charge on any atom is 0.155 e. The predicted octanol–water partition coefficient (Wildman–Crippen LogP) is 4.18. The summed E-state index contributed by atoms with van der Waals surface area (Å²) in [7, 11) is 0. The minimum absolute atomic E-state index is 0. The molecular weight excluding hydrogens is 478 g/mol. The smallest absolute Gasteiger partial charge is 0.155 e. The number of aliphatic hydroxyl groups excluding tert-OH is 1. The van der Waals surface area contributed by atoms with E-state index in [4.69, 9.17) is 0 Å². The normalized spacial score (nSPS) is 11.7. The quantitative estimate of drug-likeness (QED) is 0.369. The van der Waals surface area contributed by atoms with E-state index < -0.39 is 0 Å². The molecule has 0 spiro atoms. The number of pyridine rings is 1. The van der Waals surface area contributed by atoms with E-state index in [1.165, 1.54) is 13.0 Å². The van der Waals surface area contributed by atoms with Crippen LogP contribution in [-0.4, -0.2) is 15.9 Å². The molecule has 0 aliphatic heterocycles. The van der Waals surface area contributed by atoms with Crippen LogP contribution in [-0.2, 0) is 30.3 Å². The molecule has 1 heterocycles. The molecule has 0 saturated heterocycles. The van der Waals surface area contributed by atoms with E-state index in [9.17, 15) is 9.90 Å². The maximum absolute atomic E-state index is 10.9. The van der Waals surface area contributed by atoms with Crippen LogP contribution in [0.15, 0.2) is 54.3 Å². The first-order valence-electron chi connectivity index (χ1n) is 7.57. The number of aromatic nitrogens is 1. The fraction of sp³-hybridized carbons (Fsp3) is 0.250. The summed E-state index contributed by atoms with van der Waals surface area (Å²) in [5.41, 5.74) is 2.52. The van der Waals surface area contributed by atoms with Crippen molar-refractivity contribution in [3.63, 3.8) is 0 Å².